The van der Waals surface area contributed by atoms with Gasteiger partial charge in [0.15, 0.2) is 0 Å². The van der Waals surface area contributed by atoms with Gasteiger partial charge >= 0.3 is 0 Å². The molecule has 0 amide bonds. The Kier molecular flexibility index (Phi) is 3.61. The van der Waals surface area contributed by atoms with Crippen LogP contribution in [0.3, 0.4) is 0 Å². The Morgan fingerprint density at radius 1 is 1.56 bits per heavy atom. The minimum atomic E-state index is -0.0965. The molecule has 0 aliphatic heterocycles. The summed E-state index contributed by atoms with van der Waals surface area (Å²) >= 11 is 0. The van der Waals surface area contributed by atoms with Gasteiger partial charge in [-0.25, -0.2) is 0 Å². The summed E-state index contributed by atoms with van der Waals surface area (Å²) in [5.74, 6) is 0.439. The van der Waals surface area contributed by atoms with Gasteiger partial charge in [0.1, 0.15) is 0 Å². The van der Waals surface area contributed by atoms with E-state index in [2.05, 4.69) is 16.5 Å². The van der Waals surface area contributed by atoms with Gasteiger partial charge in [0, 0.05) is 20.1 Å². The summed E-state index contributed by atoms with van der Waals surface area (Å²) in [5, 5.41) is 17.4. The Morgan fingerprint density at radius 2 is 2.38 bits per heavy atom. The van der Waals surface area contributed by atoms with E-state index in [-0.39, 0.29) is 6.10 Å². The van der Waals surface area contributed by atoms with Gasteiger partial charge in [0.2, 0.25) is 0 Å². The molecule has 1 aliphatic rings. The van der Waals surface area contributed by atoms with Gasteiger partial charge in [-0.05, 0) is 31.7 Å². The van der Waals surface area contributed by atoms with Crippen molar-refractivity contribution < 1.29 is 5.11 Å². The number of nitrogens with zero attached hydrogens (tertiary/aromatic N) is 2. The number of hydrogen-bond acceptors (Lipinski definition) is 3. The smallest absolute Gasteiger partial charge is 0.0597 e. The van der Waals surface area contributed by atoms with Crippen molar-refractivity contribution in [2.45, 2.75) is 38.8 Å². The molecule has 0 aromatic carbocycles. The van der Waals surface area contributed by atoms with Crippen LogP contribution in [0.15, 0.2) is 6.07 Å². The lowest BCUT2D eigenvalue weighted by Gasteiger charge is -2.14. The first-order valence-electron chi connectivity index (χ1n) is 6.05. The molecular formula is C12H21N3O. The number of aliphatic hydroxyl groups excluding tert-OH is 1. The van der Waals surface area contributed by atoms with Crippen molar-refractivity contribution >= 4 is 0 Å². The van der Waals surface area contributed by atoms with Crippen molar-refractivity contribution in [1.29, 1.82) is 0 Å². The summed E-state index contributed by atoms with van der Waals surface area (Å²) in [4.78, 5) is 0. The first kappa shape index (κ1) is 11.6. The van der Waals surface area contributed by atoms with Crippen molar-refractivity contribution in [2.75, 3.05) is 6.54 Å². The topological polar surface area (TPSA) is 50.1 Å². The van der Waals surface area contributed by atoms with Crippen LogP contribution in [0.1, 0.15) is 30.7 Å². The van der Waals surface area contributed by atoms with Crippen molar-refractivity contribution in [3.05, 3.63) is 17.5 Å². The molecule has 2 N–H and O–H groups in total. The molecule has 2 rings (SSSR count). The standard InChI is InChI=1S/C12H21N3O/c1-9-6-11(15(2)14-9)8-13-7-10-4-3-5-12(10)16/h6,10,12-13,16H,3-5,7-8H2,1-2H3. The fourth-order valence-electron chi connectivity index (χ4n) is 2.47. The maximum absolute atomic E-state index is 9.69. The molecule has 1 saturated carbocycles. The normalized spacial score (nSPS) is 25.2. The van der Waals surface area contributed by atoms with E-state index in [9.17, 15) is 5.11 Å². The first-order chi connectivity index (χ1) is 7.66. The molecule has 90 valence electrons. The third-order valence-electron chi connectivity index (χ3n) is 3.43. The maximum atomic E-state index is 9.69. The quantitative estimate of drug-likeness (QED) is 0.800. The van der Waals surface area contributed by atoms with Crippen LogP contribution in [0.5, 0.6) is 0 Å². The highest BCUT2D eigenvalue weighted by atomic mass is 16.3. The van der Waals surface area contributed by atoms with Crippen molar-refractivity contribution in [1.82, 2.24) is 15.1 Å². The number of aliphatic hydroxyl groups is 1. The summed E-state index contributed by atoms with van der Waals surface area (Å²) in [5.41, 5.74) is 2.25. The van der Waals surface area contributed by atoms with Crippen molar-refractivity contribution in [3.63, 3.8) is 0 Å². The first-order valence-corrected chi connectivity index (χ1v) is 6.05. The SMILES string of the molecule is Cc1cc(CNCC2CCCC2O)n(C)n1. The zero-order valence-electron chi connectivity index (χ0n) is 10.1. The predicted octanol–water partition coefficient (Wildman–Crippen LogP) is 0.979. The van der Waals surface area contributed by atoms with Gasteiger partial charge in [0.05, 0.1) is 17.5 Å². The van der Waals surface area contributed by atoms with Crippen LogP contribution < -0.4 is 5.32 Å². The van der Waals surface area contributed by atoms with Crippen LogP contribution in [0.25, 0.3) is 0 Å². The summed E-state index contributed by atoms with van der Waals surface area (Å²) < 4.78 is 1.91. The van der Waals surface area contributed by atoms with Gasteiger partial charge in [0.25, 0.3) is 0 Å². The zero-order valence-corrected chi connectivity index (χ0v) is 10.1. The minimum Gasteiger partial charge on any atom is -0.393 e. The summed E-state index contributed by atoms with van der Waals surface area (Å²) in [6.45, 7) is 3.75. The van der Waals surface area contributed by atoms with E-state index in [4.69, 9.17) is 0 Å². The van der Waals surface area contributed by atoms with E-state index in [0.29, 0.717) is 5.92 Å². The van der Waals surface area contributed by atoms with Crippen molar-refractivity contribution in [2.24, 2.45) is 13.0 Å². The van der Waals surface area contributed by atoms with Crippen LogP contribution in [0, 0.1) is 12.8 Å². The second kappa shape index (κ2) is 4.97. The third kappa shape index (κ3) is 2.62. The number of hydrogen-bond donors (Lipinski definition) is 2. The lowest BCUT2D eigenvalue weighted by Crippen LogP contribution is -2.28. The van der Waals surface area contributed by atoms with E-state index < -0.39 is 0 Å². The number of aryl methyl sites for hydroxylation is 2. The fourth-order valence-corrected chi connectivity index (χ4v) is 2.47. The average molecular weight is 223 g/mol. The summed E-state index contributed by atoms with van der Waals surface area (Å²) in [7, 11) is 1.97. The Balaban J connectivity index is 1.77. The van der Waals surface area contributed by atoms with Crippen LogP contribution in [0.4, 0.5) is 0 Å². The molecule has 0 saturated heterocycles. The number of aromatic nitrogens is 2. The molecule has 1 aromatic heterocycles. The van der Waals surface area contributed by atoms with Crippen LogP contribution in [-0.2, 0) is 13.6 Å². The summed E-state index contributed by atoms with van der Waals surface area (Å²) in [6.07, 6.45) is 3.19. The molecule has 2 unspecified atom stereocenters. The molecular weight excluding hydrogens is 202 g/mol. The lowest BCUT2D eigenvalue weighted by molar-refractivity contribution is 0.131. The lowest BCUT2D eigenvalue weighted by atomic mass is 10.1. The molecule has 2 atom stereocenters. The molecule has 1 heterocycles. The maximum Gasteiger partial charge on any atom is 0.0597 e. The van der Waals surface area contributed by atoms with Gasteiger partial charge in [-0.1, -0.05) is 6.42 Å². The molecule has 1 fully saturated rings. The van der Waals surface area contributed by atoms with Crippen LogP contribution in [-0.4, -0.2) is 27.5 Å². The third-order valence-corrected chi connectivity index (χ3v) is 3.43. The number of rotatable bonds is 4. The minimum absolute atomic E-state index is 0.0965. The number of nitrogens with one attached hydrogen (secondary N) is 1. The molecule has 16 heavy (non-hydrogen) atoms. The predicted molar refractivity (Wildman–Crippen MR) is 63.0 cm³/mol. The zero-order chi connectivity index (χ0) is 11.5. The Morgan fingerprint density at radius 3 is 2.94 bits per heavy atom. The van der Waals surface area contributed by atoms with E-state index in [0.717, 1.165) is 31.6 Å². The molecule has 4 heteroatoms. The highest BCUT2D eigenvalue weighted by Gasteiger charge is 2.24. The molecule has 0 spiro atoms. The van der Waals surface area contributed by atoms with E-state index in [1.807, 2.05) is 18.7 Å². The molecule has 4 nitrogen and oxygen atoms in total. The van der Waals surface area contributed by atoms with Crippen molar-refractivity contribution in [3.8, 4) is 0 Å². The molecule has 0 bridgehead atoms. The fraction of sp³-hybridized carbons (Fsp3) is 0.750. The highest BCUT2D eigenvalue weighted by Crippen LogP contribution is 2.24. The molecule has 1 aliphatic carbocycles. The van der Waals surface area contributed by atoms with Gasteiger partial charge in [-0.2, -0.15) is 5.10 Å². The Hall–Kier alpha value is -0.870. The van der Waals surface area contributed by atoms with Gasteiger partial charge < -0.3 is 10.4 Å². The van der Waals surface area contributed by atoms with E-state index in [1.165, 1.54) is 12.1 Å². The summed E-state index contributed by atoms with van der Waals surface area (Å²) in [6, 6.07) is 2.10. The van der Waals surface area contributed by atoms with Gasteiger partial charge in [-0.3, -0.25) is 4.68 Å². The average Bonchev–Trinajstić information content (AvgIpc) is 2.75. The van der Waals surface area contributed by atoms with Gasteiger partial charge in [-0.15, -0.1) is 0 Å². The second-order valence-corrected chi connectivity index (χ2v) is 4.79. The Labute approximate surface area is 96.7 Å². The molecule has 1 aromatic rings. The van der Waals surface area contributed by atoms with Crippen LogP contribution >= 0.6 is 0 Å². The highest BCUT2D eigenvalue weighted by molar-refractivity contribution is 5.08. The Bertz CT molecular complexity index is 348. The van der Waals surface area contributed by atoms with Crippen LogP contribution in [0.2, 0.25) is 0 Å². The largest absolute Gasteiger partial charge is 0.393 e. The van der Waals surface area contributed by atoms with E-state index >= 15 is 0 Å². The molecule has 0 radical (unpaired) electrons. The van der Waals surface area contributed by atoms with E-state index in [1.54, 1.807) is 0 Å². The second-order valence-electron chi connectivity index (χ2n) is 4.79. The monoisotopic (exact) mass is 223 g/mol.